The molecule has 0 atom stereocenters. The minimum Gasteiger partial charge on any atom is -0.294 e. The third kappa shape index (κ3) is 3.39. The molecular weight excluding hydrogens is 322 g/mol. The molecule has 3 aromatic rings. The van der Waals surface area contributed by atoms with Gasteiger partial charge in [0.05, 0.1) is 5.69 Å². The summed E-state index contributed by atoms with van der Waals surface area (Å²) in [5.74, 6) is -0.134. The van der Waals surface area contributed by atoms with E-state index in [-0.39, 0.29) is 5.82 Å². The second-order valence-electron chi connectivity index (χ2n) is 6.10. The SMILES string of the molecule is Fc1ccc(F)c(CN2CCc3nc(-c4cccnc4)ncc3C2)c1. The third-order valence-corrected chi connectivity index (χ3v) is 4.33. The standard InChI is InChI=1S/C19H16F2N4/c20-16-3-4-17(21)14(8-16)11-25-7-5-18-15(12-25)10-23-19(24-18)13-2-1-6-22-9-13/h1-4,6,8-10H,5,7,11-12H2. The molecule has 6 heteroatoms. The summed E-state index contributed by atoms with van der Waals surface area (Å²) in [5.41, 5.74) is 3.28. The molecule has 1 aliphatic rings. The molecule has 126 valence electrons. The smallest absolute Gasteiger partial charge is 0.160 e. The van der Waals surface area contributed by atoms with E-state index in [0.717, 1.165) is 35.9 Å². The van der Waals surface area contributed by atoms with Gasteiger partial charge in [-0.25, -0.2) is 18.7 Å². The van der Waals surface area contributed by atoms with Crippen molar-refractivity contribution in [1.29, 1.82) is 0 Å². The molecule has 0 fully saturated rings. The van der Waals surface area contributed by atoms with E-state index in [9.17, 15) is 8.78 Å². The molecule has 25 heavy (non-hydrogen) atoms. The summed E-state index contributed by atoms with van der Waals surface area (Å²) in [4.78, 5) is 15.2. The van der Waals surface area contributed by atoms with E-state index in [1.54, 1.807) is 12.4 Å². The number of hydrogen-bond acceptors (Lipinski definition) is 4. The van der Waals surface area contributed by atoms with E-state index in [1.165, 1.54) is 12.1 Å². The van der Waals surface area contributed by atoms with Gasteiger partial charge in [0, 0.05) is 61.3 Å². The van der Waals surface area contributed by atoms with E-state index < -0.39 is 5.82 Å². The van der Waals surface area contributed by atoms with Crippen LogP contribution in [0.5, 0.6) is 0 Å². The molecule has 1 aromatic carbocycles. The number of rotatable bonds is 3. The molecule has 1 aliphatic heterocycles. The number of pyridine rings is 1. The molecule has 0 saturated heterocycles. The van der Waals surface area contributed by atoms with Crippen LogP contribution in [0.4, 0.5) is 8.78 Å². The second kappa shape index (κ2) is 6.64. The minimum absolute atomic E-state index is 0.368. The molecule has 0 aliphatic carbocycles. The normalized spacial score (nSPS) is 14.3. The lowest BCUT2D eigenvalue weighted by Crippen LogP contribution is -2.31. The molecule has 3 heterocycles. The Bertz CT molecular complexity index is 899. The molecule has 4 nitrogen and oxygen atoms in total. The molecule has 0 saturated carbocycles. The minimum atomic E-state index is -0.418. The van der Waals surface area contributed by atoms with E-state index in [1.807, 2.05) is 18.3 Å². The fourth-order valence-electron chi connectivity index (χ4n) is 3.05. The summed E-state index contributed by atoms with van der Waals surface area (Å²) in [7, 11) is 0. The average molecular weight is 338 g/mol. The lowest BCUT2D eigenvalue weighted by molar-refractivity contribution is 0.239. The Morgan fingerprint density at radius 3 is 2.88 bits per heavy atom. The lowest BCUT2D eigenvalue weighted by atomic mass is 10.1. The molecule has 2 aromatic heterocycles. The Labute approximate surface area is 144 Å². The predicted molar refractivity (Wildman–Crippen MR) is 89.4 cm³/mol. The largest absolute Gasteiger partial charge is 0.294 e. The molecule has 0 radical (unpaired) electrons. The van der Waals surface area contributed by atoms with Crippen LogP contribution in [0.3, 0.4) is 0 Å². The number of nitrogens with zero attached hydrogens (tertiary/aromatic N) is 4. The maximum atomic E-state index is 13.8. The van der Waals surface area contributed by atoms with Crippen LogP contribution in [0.2, 0.25) is 0 Å². The van der Waals surface area contributed by atoms with Crippen LogP contribution in [0.1, 0.15) is 16.8 Å². The van der Waals surface area contributed by atoms with Crippen molar-refractivity contribution in [1.82, 2.24) is 19.9 Å². The first-order chi connectivity index (χ1) is 12.2. The van der Waals surface area contributed by atoms with Gasteiger partial charge in [0.25, 0.3) is 0 Å². The van der Waals surface area contributed by atoms with Gasteiger partial charge in [-0.2, -0.15) is 0 Å². The topological polar surface area (TPSA) is 41.9 Å². The summed E-state index contributed by atoms with van der Waals surface area (Å²) in [6.07, 6.45) is 6.02. The van der Waals surface area contributed by atoms with Gasteiger partial charge in [-0.05, 0) is 30.3 Å². The summed E-state index contributed by atoms with van der Waals surface area (Å²) in [6, 6.07) is 7.35. The maximum Gasteiger partial charge on any atom is 0.160 e. The van der Waals surface area contributed by atoms with Crippen molar-refractivity contribution in [3.63, 3.8) is 0 Å². The van der Waals surface area contributed by atoms with Gasteiger partial charge in [-0.1, -0.05) is 0 Å². The van der Waals surface area contributed by atoms with Crippen molar-refractivity contribution >= 4 is 0 Å². The van der Waals surface area contributed by atoms with Gasteiger partial charge < -0.3 is 0 Å². The zero-order valence-electron chi connectivity index (χ0n) is 13.5. The summed E-state index contributed by atoms with van der Waals surface area (Å²) >= 11 is 0. The van der Waals surface area contributed by atoms with Gasteiger partial charge in [-0.15, -0.1) is 0 Å². The monoisotopic (exact) mass is 338 g/mol. The van der Waals surface area contributed by atoms with Gasteiger partial charge in [0.1, 0.15) is 11.6 Å². The third-order valence-electron chi connectivity index (χ3n) is 4.33. The van der Waals surface area contributed by atoms with Gasteiger partial charge in [-0.3, -0.25) is 9.88 Å². The van der Waals surface area contributed by atoms with Crippen molar-refractivity contribution < 1.29 is 8.78 Å². The van der Waals surface area contributed by atoms with E-state index >= 15 is 0 Å². The van der Waals surface area contributed by atoms with Crippen LogP contribution in [0.25, 0.3) is 11.4 Å². The van der Waals surface area contributed by atoms with Crippen molar-refractivity contribution in [3.05, 3.63) is 77.4 Å². The Morgan fingerprint density at radius 1 is 1.12 bits per heavy atom. The fraction of sp³-hybridized carbons (Fsp3) is 0.211. The highest BCUT2D eigenvalue weighted by Gasteiger charge is 2.20. The molecule has 0 bridgehead atoms. The van der Waals surface area contributed by atoms with Crippen molar-refractivity contribution in [2.45, 2.75) is 19.5 Å². The van der Waals surface area contributed by atoms with Crippen LogP contribution in [0, 0.1) is 11.6 Å². The Kier molecular flexibility index (Phi) is 4.19. The maximum absolute atomic E-state index is 13.8. The Balaban J connectivity index is 1.53. The van der Waals surface area contributed by atoms with Crippen molar-refractivity contribution in [2.24, 2.45) is 0 Å². The second-order valence-corrected chi connectivity index (χ2v) is 6.10. The van der Waals surface area contributed by atoms with Crippen molar-refractivity contribution in [3.8, 4) is 11.4 Å². The number of fused-ring (bicyclic) bond motifs is 1. The van der Waals surface area contributed by atoms with Crippen LogP contribution < -0.4 is 0 Å². The van der Waals surface area contributed by atoms with E-state index in [4.69, 9.17) is 0 Å². The lowest BCUT2D eigenvalue weighted by Gasteiger charge is -2.28. The molecule has 4 rings (SSSR count). The summed E-state index contributed by atoms with van der Waals surface area (Å²) < 4.78 is 27.2. The highest BCUT2D eigenvalue weighted by atomic mass is 19.1. The van der Waals surface area contributed by atoms with Gasteiger partial charge in [0.2, 0.25) is 0 Å². The molecular formula is C19H16F2N4. The van der Waals surface area contributed by atoms with Gasteiger partial charge >= 0.3 is 0 Å². The van der Waals surface area contributed by atoms with Crippen LogP contribution in [0.15, 0.2) is 48.9 Å². The van der Waals surface area contributed by atoms with Crippen LogP contribution in [-0.4, -0.2) is 26.4 Å². The van der Waals surface area contributed by atoms with E-state index in [0.29, 0.717) is 24.5 Å². The number of aromatic nitrogens is 3. The summed E-state index contributed by atoms with van der Waals surface area (Å²) in [5, 5.41) is 0. The van der Waals surface area contributed by atoms with Gasteiger partial charge in [0.15, 0.2) is 5.82 Å². The highest BCUT2D eigenvalue weighted by Crippen LogP contribution is 2.22. The first kappa shape index (κ1) is 15.8. The van der Waals surface area contributed by atoms with Crippen LogP contribution in [-0.2, 0) is 19.5 Å². The molecule has 0 N–H and O–H groups in total. The molecule has 0 unspecified atom stereocenters. The quantitative estimate of drug-likeness (QED) is 0.734. The summed E-state index contributed by atoms with van der Waals surface area (Å²) in [6.45, 7) is 1.73. The van der Waals surface area contributed by atoms with Crippen LogP contribution >= 0.6 is 0 Å². The van der Waals surface area contributed by atoms with Crippen molar-refractivity contribution in [2.75, 3.05) is 6.54 Å². The number of benzene rings is 1. The first-order valence-corrected chi connectivity index (χ1v) is 8.10. The fourth-order valence-corrected chi connectivity index (χ4v) is 3.05. The average Bonchev–Trinajstić information content (AvgIpc) is 2.65. The van der Waals surface area contributed by atoms with E-state index in [2.05, 4.69) is 19.9 Å². The predicted octanol–water partition coefficient (Wildman–Crippen LogP) is 3.38. The Morgan fingerprint density at radius 2 is 2.04 bits per heavy atom. The number of hydrogen-bond donors (Lipinski definition) is 0. The molecule has 0 amide bonds. The highest BCUT2D eigenvalue weighted by molar-refractivity contribution is 5.53. The Hall–Kier alpha value is -2.73. The zero-order valence-corrected chi connectivity index (χ0v) is 13.5. The molecule has 0 spiro atoms. The zero-order chi connectivity index (χ0) is 17.2. The number of halogens is 2. The first-order valence-electron chi connectivity index (χ1n) is 8.10.